The summed E-state index contributed by atoms with van der Waals surface area (Å²) in [6.07, 6.45) is 2.60. The molecule has 2 aromatic carbocycles. The maximum Gasteiger partial charge on any atom is 0.196 e. The first-order chi connectivity index (χ1) is 14.4. The Morgan fingerprint density at radius 1 is 1.16 bits per heavy atom. The number of methoxy groups -OCH3 is 1. The Morgan fingerprint density at radius 3 is 2.68 bits per heavy atom. The van der Waals surface area contributed by atoms with Gasteiger partial charge in [-0.25, -0.2) is 8.42 Å². The van der Waals surface area contributed by atoms with Crippen molar-refractivity contribution < 1.29 is 13.2 Å². The van der Waals surface area contributed by atoms with E-state index in [0.717, 1.165) is 37.1 Å². The molecule has 170 valence electrons. The first kappa shape index (κ1) is 24.6. The number of halogens is 3. The minimum atomic E-state index is -3.72. The van der Waals surface area contributed by atoms with Crippen molar-refractivity contribution in [2.75, 3.05) is 26.7 Å². The third-order valence-corrected chi connectivity index (χ3v) is 9.02. The summed E-state index contributed by atoms with van der Waals surface area (Å²) in [6, 6.07) is 10.7. The molecule has 31 heavy (non-hydrogen) atoms. The first-order valence-electron chi connectivity index (χ1n) is 10.2. The molecule has 0 saturated carbocycles. The van der Waals surface area contributed by atoms with Gasteiger partial charge in [0.15, 0.2) is 9.84 Å². The summed E-state index contributed by atoms with van der Waals surface area (Å²) in [5.41, 5.74) is 2.35. The third kappa shape index (κ3) is 5.15. The zero-order valence-electron chi connectivity index (χ0n) is 17.3. The van der Waals surface area contributed by atoms with Gasteiger partial charge in [0.25, 0.3) is 0 Å². The van der Waals surface area contributed by atoms with Gasteiger partial charge in [-0.3, -0.25) is 4.90 Å². The second-order valence-electron chi connectivity index (χ2n) is 7.97. The summed E-state index contributed by atoms with van der Waals surface area (Å²) in [5, 5.41) is 3.30. The van der Waals surface area contributed by atoms with Crippen LogP contribution in [0.15, 0.2) is 41.3 Å². The van der Waals surface area contributed by atoms with Gasteiger partial charge < -0.3 is 10.1 Å². The predicted molar refractivity (Wildman–Crippen MR) is 127 cm³/mol. The topological polar surface area (TPSA) is 58.6 Å². The van der Waals surface area contributed by atoms with Crippen molar-refractivity contribution in [2.45, 2.75) is 36.1 Å². The van der Waals surface area contributed by atoms with Crippen molar-refractivity contribution in [3.63, 3.8) is 0 Å². The number of benzene rings is 2. The van der Waals surface area contributed by atoms with E-state index in [9.17, 15) is 8.42 Å². The zero-order valence-corrected chi connectivity index (χ0v) is 20.5. The highest BCUT2D eigenvalue weighted by Gasteiger charge is 2.41. The van der Waals surface area contributed by atoms with E-state index in [1.807, 2.05) is 18.2 Å². The van der Waals surface area contributed by atoms with Gasteiger partial charge in [0.1, 0.15) is 11.1 Å². The van der Waals surface area contributed by atoms with Crippen LogP contribution in [0.5, 0.6) is 5.75 Å². The molecule has 5 nitrogen and oxygen atoms in total. The van der Waals surface area contributed by atoms with E-state index in [0.29, 0.717) is 24.7 Å². The van der Waals surface area contributed by atoms with E-state index in [4.69, 9.17) is 27.9 Å². The van der Waals surface area contributed by atoms with Gasteiger partial charge in [-0.1, -0.05) is 29.3 Å². The largest absolute Gasteiger partial charge is 0.497 e. The Balaban J connectivity index is 0.00000272. The number of ether oxygens (including phenoxy) is 1. The lowest BCUT2D eigenvalue weighted by atomic mass is 9.95. The number of rotatable bonds is 5. The summed E-state index contributed by atoms with van der Waals surface area (Å²) in [7, 11) is -2.07. The monoisotopic (exact) mass is 504 g/mol. The fourth-order valence-electron chi connectivity index (χ4n) is 4.59. The molecular weight excluding hydrogens is 479 g/mol. The van der Waals surface area contributed by atoms with E-state index in [2.05, 4.69) is 10.2 Å². The Bertz CT molecular complexity index is 1030. The Hall–Kier alpha value is -1.02. The summed E-state index contributed by atoms with van der Waals surface area (Å²) >= 11 is 12.5. The van der Waals surface area contributed by atoms with Crippen molar-refractivity contribution in [2.24, 2.45) is 5.92 Å². The normalized spacial score (nSPS) is 20.4. The maximum absolute atomic E-state index is 13.9. The molecule has 0 aromatic heterocycles. The average Bonchev–Trinajstić information content (AvgIpc) is 2.75. The van der Waals surface area contributed by atoms with E-state index in [1.54, 1.807) is 19.2 Å². The van der Waals surface area contributed by atoms with Crippen LogP contribution < -0.4 is 10.1 Å². The number of sulfone groups is 1. The number of fused-ring (bicyclic) bond motifs is 1. The minimum Gasteiger partial charge on any atom is -0.497 e. The Labute approximate surface area is 200 Å². The molecule has 2 atom stereocenters. The number of hydrogen-bond acceptors (Lipinski definition) is 5. The summed E-state index contributed by atoms with van der Waals surface area (Å²) in [5.74, 6) is 0.812. The van der Waals surface area contributed by atoms with Crippen molar-refractivity contribution in [1.82, 2.24) is 10.2 Å². The van der Waals surface area contributed by atoms with Gasteiger partial charge in [-0.05, 0) is 67.3 Å². The molecule has 0 aliphatic carbocycles. The first-order valence-corrected chi connectivity index (χ1v) is 12.5. The van der Waals surface area contributed by atoms with Crippen LogP contribution in [-0.2, 0) is 22.8 Å². The van der Waals surface area contributed by atoms with Crippen LogP contribution in [0.2, 0.25) is 10.0 Å². The number of nitrogens with one attached hydrogen (secondary N) is 1. The van der Waals surface area contributed by atoms with Crippen LogP contribution in [0.3, 0.4) is 0 Å². The van der Waals surface area contributed by atoms with Crippen LogP contribution in [0.25, 0.3) is 0 Å². The van der Waals surface area contributed by atoms with Crippen molar-refractivity contribution in [1.29, 1.82) is 0 Å². The van der Waals surface area contributed by atoms with E-state index in [1.165, 1.54) is 11.6 Å². The third-order valence-electron chi connectivity index (χ3n) is 6.07. The number of piperidine rings is 1. The number of nitrogens with zero attached hydrogens (tertiary/aromatic N) is 1. The lowest BCUT2D eigenvalue weighted by molar-refractivity contribution is 0.162. The molecule has 2 heterocycles. The van der Waals surface area contributed by atoms with Gasteiger partial charge in [-0.15, -0.1) is 12.4 Å². The molecule has 9 heteroatoms. The summed E-state index contributed by atoms with van der Waals surface area (Å²) in [4.78, 5) is 2.21. The Morgan fingerprint density at radius 2 is 1.97 bits per heavy atom. The van der Waals surface area contributed by atoms with E-state index in [-0.39, 0.29) is 28.2 Å². The standard InChI is InChI=1S/C22H26Cl2N2O3S.ClH/c1-29-19-6-4-17-14-26(10-8-15(17)11-19)22(16-3-2-9-25-13-16)30(27,28)21-12-18(23)5-7-20(21)24;/h4-7,11-12,16,22,25H,2-3,8-10,13-14H2,1H3;1H. The molecule has 0 bridgehead atoms. The fraction of sp³-hybridized carbons (Fsp3) is 0.455. The predicted octanol–water partition coefficient (Wildman–Crippen LogP) is 4.58. The van der Waals surface area contributed by atoms with Gasteiger partial charge in [0, 0.05) is 30.6 Å². The maximum atomic E-state index is 13.9. The zero-order chi connectivity index (χ0) is 21.3. The van der Waals surface area contributed by atoms with Crippen LogP contribution in [0.1, 0.15) is 24.0 Å². The molecule has 0 amide bonds. The molecule has 2 aliphatic rings. The molecular formula is C22H27Cl3N2O3S. The molecule has 4 rings (SSSR count). The molecule has 2 aliphatic heterocycles. The van der Waals surface area contributed by atoms with Gasteiger partial charge in [-0.2, -0.15) is 0 Å². The van der Waals surface area contributed by atoms with Crippen LogP contribution >= 0.6 is 35.6 Å². The highest BCUT2D eigenvalue weighted by Crippen LogP contribution is 2.36. The van der Waals surface area contributed by atoms with Crippen LogP contribution in [0, 0.1) is 5.92 Å². The molecule has 1 fully saturated rings. The summed E-state index contributed by atoms with van der Waals surface area (Å²) < 4.78 is 33.1. The number of hydrogen-bond donors (Lipinski definition) is 1. The lowest BCUT2D eigenvalue weighted by Gasteiger charge is -2.40. The Kier molecular flexibility index (Phi) is 8.16. The quantitative estimate of drug-likeness (QED) is 0.644. The molecule has 1 saturated heterocycles. The minimum absolute atomic E-state index is 0. The van der Waals surface area contributed by atoms with Crippen molar-refractivity contribution in [3.8, 4) is 5.75 Å². The SMILES string of the molecule is COc1ccc2c(c1)CCN(C(C1CCCNC1)S(=O)(=O)c1cc(Cl)ccc1Cl)C2.Cl. The van der Waals surface area contributed by atoms with Gasteiger partial charge >= 0.3 is 0 Å². The van der Waals surface area contributed by atoms with E-state index < -0.39 is 15.2 Å². The molecule has 0 radical (unpaired) electrons. The van der Waals surface area contributed by atoms with Gasteiger partial charge in [0.05, 0.1) is 17.0 Å². The molecule has 0 spiro atoms. The second kappa shape index (κ2) is 10.3. The summed E-state index contributed by atoms with van der Waals surface area (Å²) in [6.45, 7) is 2.84. The van der Waals surface area contributed by atoms with E-state index >= 15 is 0 Å². The smallest absolute Gasteiger partial charge is 0.196 e. The second-order valence-corrected chi connectivity index (χ2v) is 10.8. The van der Waals surface area contributed by atoms with Gasteiger partial charge in [0.2, 0.25) is 0 Å². The van der Waals surface area contributed by atoms with Crippen LogP contribution in [-0.4, -0.2) is 45.4 Å². The van der Waals surface area contributed by atoms with Crippen LogP contribution in [0.4, 0.5) is 0 Å². The fourth-order valence-corrected chi connectivity index (χ4v) is 7.47. The highest BCUT2D eigenvalue weighted by molar-refractivity contribution is 7.92. The molecule has 2 aromatic rings. The molecule has 2 unspecified atom stereocenters. The lowest BCUT2D eigenvalue weighted by Crippen LogP contribution is -2.52. The van der Waals surface area contributed by atoms with Crippen molar-refractivity contribution in [3.05, 3.63) is 57.6 Å². The van der Waals surface area contributed by atoms with Crippen molar-refractivity contribution >= 4 is 45.4 Å². The highest BCUT2D eigenvalue weighted by atomic mass is 35.5. The molecule has 1 N–H and O–H groups in total. The average molecular weight is 506 g/mol.